The predicted octanol–water partition coefficient (Wildman–Crippen LogP) is 3.76. The van der Waals surface area contributed by atoms with Crippen LogP contribution in [-0.2, 0) is 0 Å². The van der Waals surface area contributed by atoms with E-state index in [0.29, 0.717) is 12.1 Å². The smallest absolute Gasteiger partial charge is 0.203 e. The number of anilines is 1. The fraction of sp³-hybridized carbons (Fsp3) is 0.800. The maximum Gasteiger partial charge on any atom is 0.203 e. The number of nitrogens with one attached hydrogen (secondary N) is 1. The quantitative estimate of drug-likeness (QED) is 0.881. The van der Waals surface area contributed by atoms with Gasteiger partial charge >= 0.3 is 0 Å². The normalized spacial score (nSPS) is 32.5. The van der Waals surface area contributed by atoms with Gasteiger partial charge in [0.2, 0.25) is 5.95 Å². The molecule has 0 aromatic carbocycles. The first-order valence-corrected chi connectivity index (χ1v) is 7.44. The largest absolute Gasteiger partial charge is 0.353 e. The minimum absolute atomic E-state index is 0.614. The van der Waals surface area contributed by atoms with Crippen LogP contribution in [0.1, 0.15) is 57.7 Å². The van der Waals surface area contributed by atoms with Crippen molar-refractivity contribution < 1.29 is 0 Å². The summed E-state index contributed by atoms with van der Waals surface area (Å²) in [5.41, 5.74) is 1.14. The molecular weight excluding hydrogens is 222 g/mol. The number of imidazole rings is 1. The molecule has 18 heavy (non-hydrogen) atoms. The average molecular weight is 247 g/mol. The van der Waals surface area contributed by atoms with E-state index in [-0.39, 0.29) is 0 Å². The van der Waals surface area contributed by atoms with E-state index >= 15 is 0 Å². The van der Waals surface area contributed by atoms with Crippen molar-refractivity contribution in [3.05, 3.63) is 11.9 Å². The Labute approximate surface area is 110 Å². The van der Waals surface area contributed by atoms with Crippen molar-refractivity contribution in [1.82, 2.24) is 9.55 Å². The van der Waals surface area contributed by atoms with Gasteiger partial charge in [-0.25, -0.2) is 4.98 Å². The molecule has 1 aromatic rings. The third-order valence-corrected chi connectivity index (χ3v) is 4.30. The second-order valence-corrected chi connectivity index (χ2v) is 6.60. The Bertz CT molecular complexity index is 409. The van der Waals surface area contributed by atoms with E-state index in [2.05, 4.69) is 41.8 Å². The molecular formula is C15H25N3. The Balaban J connectivity index is 1.71. The molecule has 2 aliphatic carbocycles. The van der Waals surface area contributed by atoms with Crippen molar-refractivity contribution in [2.75, 3.05) is 5.32 Å². The van der Waals surface area contributed by atoms with Gasteiger partial charge in [0.15, 0.2) is 0 Å². The minimum Gasteiger partial charge on any atom is -0.353 e. The molecule has 1 aromatic heterocycles. The van der Waals surface area contributed by atoms with Crippen LogP contribution < -0.4 is 5.32 Å². The van der Waals surface area contributed by atoms with Crippen molar-refractivity contribution in [2.45, 2.75) is 65.0 Å². The maximum absolute atomic E-state index is 4.67. The number of hydrogen-bond acceptors (Lipinski definition) is 2. The summed E-state index contributed by atoms with van der Waals surface area (Å²) in [7, 11) is 0. The van der Waals surface area contributed by atoms with E-state index in [1.54, 1.807) is 0 Å². The van der Waals surface area contributed by atoms with E-state index in [1.807, 2.05) is 0 Å². The molecule has 1 heterocycles. The van der Waals surface area contributed by atoms with Crippen LogP contribution in [0.4, 0.5) is 5.95 Å². The molecule has 2 atom stereocenters. The van der Waals surface area contributed by atoms with E-state index < -0.39 is 0 Å². The monoisotopic (exact) mass is 247 g/mol. The van der Waals surface area contributed by atoms with Crippen LogP contribution in [-0.4, -0.2) is 15.6 Å². The Morgan fingerprint density at radius 2 is 1.83 bits per heavy atom. The molecule has 2 fully saturated rings. The van der Waals surface area contributed by atoms with Gasteiger partial charge < -0.3 is 9.88 Å². The first-order chi connectivity index (χ1) is 8.61. The molecule has 0 bridgehead atoms. The zero-order valence-corrected chi connectivity index (χ0v) is 11.8. The summed E-state index contributed by atoms with van der Waals surface area (Å²) in [5, 5.41) is 3.70. The lowest BCUT2D eigenvalue weighted by atomic mass is 9.80. The van der Waals surface area contributed by atoms with E-state index in [4.69, 9.17) is 0 Å². The highest BCUT2D eigenvalue weighted by atomic mass is 15.2. The lowest BCUT2D eigenvalue weighted by molar-refractivity contribution is 0.280. The van der Waals surface area contributed by atoms with Crippen molar-refractivity contribution in [3.8, 4) is 0 Å². The number of hydrogen-bond donors (Lipinski definition) is 1. The molecule has 1 N–H and O–H groups in total. The molecule has 2 unspecified atom stereocenters. The third-order valence-electron chi connectivity index (χ3n) is 4.30. The Morgan fingerprint density at radius 1 is 1.17 bits per heavy atom. The van der Waals surface area contributed by atoms with Crippen LogP contribution >= 0.6 is 0 Å². The zero-order valence-electron chi connectivity index (χ0n) is 11.8. The van der Waals surface area contributed by atoms with Crippen molar-refractivity contribution in [1.29, 1.82) is 0 Å². The molecule has 2 aliphatic rings. The lowest BCUT2D eigenvalue weighted by Gasteiger charge is -2.32. The van der Waals surface area contributed by atoms with Crippen molar-refractivity contribution in [3.63, 3.8) is 0 Å². The molecule has 100 valence electrons. The molecule has 2 saturated carbocycles. The highest BCUT2D eigenvalue weighted by molar-refractivity contribution is 5.32. The van der Waals surface area contributed by atoms with E-state index in [0.717, 1.165) is 23.5 Å². The molecule has 0 aliphatic heterocycles. The van der Waals surface area contributed by atoms with Crippen LogP contribution in [0, 0.1) is 18.8 Å². The highest BCUT2D eigenvalue weighted by Gasteiger charge is 2.29. The van der Waals surface area contributed by atoms with E-state index in [1.165, 1.54) is 32.1 Å². The zero-order chi connectivity index (χ0) is 12.7. The van der Waals surface area contributed by atoms with Gasteiger partial charge in [-0.1, -0.05) is 13.8 Å². The van der Waals surface area contributed by atoms with Crippen LogP contribution in [0.2, 0.25) is 0 Å². The fourth-order valence-corrected chi connectivity index (χ4v) is 3.50. The first-order valence-electron chi connectivity index (χ1n) is 7.44. The number of rotatable bonds is 3. The minimum atomic E-state index is 0.614. The SMILES string of the molecule is Cc1cn(C2CC2)c(NC2CC(C)CC(C)C2)n1. The topological polar surface area (TPSA) is 29.9 Å². The summed E-state index contributed by atoms with van der Waals surface area (Å²) >= 11 is 0. The summed E-state index contributed by atoms with van der Waals surface area (Å²) in [6.07, 6.45) is 8.82. The van der Waals surface area contributed by atoms with Crippen LogP contribution in [0.3, 0.4) is 0 Å². The molecule has 3 nitrogen and oxygen atoms in total. The maximum atomic E-state index is 4.67. The molecule has 0 amide bonds. The van der Waals surface area contributed by atoms with Crippen LogP contribution in [0.5, 0.6) is 0 Å². The number of aromatic nitrogens is 2. The molecule has 3 rings (SSSR count). The Hall–Kier alpha value is -0.990. The Morgan fingerprint density at radius 3 is 2.44 bits per heavy atom. The average Bonchev–Trinajstić information content (AvgIpc) is 3.02. The number of nitrogens with zero attached hydrogens (tertiary/aromatic N) is 2. The molecule has 3 heteroatoms. The summed E-state index contributed by atoms with van der Waals surface area (Å²) in [4.78, 5) is 4.67. The summed E-state index contributed by atoms with van der Waals surface area (Å²) in [5.74, 6) is 2.80. The number of aryl methyl sites for hydroxylation is 1. The summed E-state index contributed by atoms with van der Waals surface area (Å²) in [6.45, 7) is 6.85. The highest BCUT2D eigenvalue weighted by Crippen LogP contribution is 2.38. The lowest BCUT2D eigenvalue weighted by Crippen LogP contribution is -2.31. The van der Waals surface area contributed by atoms with Crippen molar-refractivity contribution in [2.24, 2.45) is 11.8 Å². The predicted molar refractivity (Wildman–Crippen MR) is 74.8 cm³/mol. The molecule has 0 saturated heterocycles. The van der Waals surface area contributed by atoms with Crippen LogP contribution in [0.25, 0.3) is 0 Å². The fourth-order valence-electron chi connectivity index (χ4n) is 3.50. The van der Waals surface area contributed by atoms with Gasteiger partial charge in [-0.2, -0.15) is 0 Å². The van der Waals surface area contributed by atoms with Gasteiger partial charge in [0.25, 0.3) is 0 Å². The molecule has 0 radical (unpaired) electrons. The standard InChI is InChI=1S/C15H25N3/c1-10-6-11(2)8-13(7-10)17-15-16-12(3)9-18(15)14-4-5-14/h9-11,13-14H,4-8H2,1-3H3,(H,16,17). The van der Waals surface area contributed by atoms with Gasteiger partial charge in [0.05, 0.1) is 5.69 Å². The van der Waals surface area contributed by atoms with Gasteiger partial charge in [-0.3, -0.25) is 0 Å². The molecule has 0 spiro atoms. The van der Waals surface area contributed by atoms with Crippen LogP contribution in [0.15, 0.2) is 6.20 Å². The summed E-state index contributed by atoms with van der Waals surface area (Å²) < 4.78 is 2.36. The van der Waals surface area contributed by atoms with Gasteiger partial charge in [0.1, 0.15) is 0 Å². The third kappa shape index (κ3) is 2.55. The van der Waals surface area contributed by atoms with Gasteiger partial charge in [0, 0.05) is 18.3 Å². The summed E-state index contributed by atoms with van der Waals surface area (Å²) in [6, 6.07) is 1.33. The van der Waals surface area contributed by atoms with Gasteiger partial charge in [-0.15, -0.1) is 0 Å². The Kier molecular flexibility index (Phi) is 3.08. The van der Waals surface area contributed by atoms with Gasteiger partial charge in [-0.05, 0) is 50.9 Å². The second kappa shape index (κ2) is 4.60. The second-order valence-electron chi connectivity index (χ2n) is 6.60. The van der Waals surface area contributed by atoms with Crippen molar-refractivity contribution >= 4 is 5.95 Å². The van der Waals surface area contributed by atoms with E-state index in [9.17, 15) is 0 Å². The first kappa shape index (κ1) is 12.1.